The first kappa shape index (κ1) is 38.6. The summed E-state index contributed by atoms with van der Waals surface area (Å²) in [5.41, 5.74) is 11.0. The number of aryl methyl sites for hydroxylation is 1. The fourth-order valence-electron chi connectivity index (χ4n) is 11.4. The van der Waals surface area contributed by atoms with Gasteiger partial charge in [-0.2, -0.15) is 0 Å². The lowest BCUT2D eigenvalue weighted by atomic mass is 9.81. The van der Waals surface area contributed by atoms with Crippen molar-refractivity contribution >= 4 is 96.5 Å². The molecule has 0 bridgehead atoms. The summed E-state index contributed by atoms with van der Waals surface area (Å²) in [4.78, 5) is 16.3. The average molecular weight is 898 g/mol. The first-order chi connectivity index (χ1) is 34.1. The molecule has 0 N–H and O–H groups in total. The van der Waals surface area contributed by atoms with Gasteiger partial charge in [-0.15, -0.1) is 11.3 Å². The molecule has 15 rings (SSSR count). The van der Waals surface area contributed by atoms with E-state index in [0.717, 1.165) is 73.2 Å². The summed E-state index contributed by atoms with van der Waals surface area (Å²) in [6.07, 6.45) is 1.80. The molecular weight excluding hydrogens is 859 g/mol. The van der Waals surface area contributed by atoms with E-state index in [4.69, 9.17) is 19.4 Å². The van der Waals surface area contributed by atoms with Gasteiger partial charge in [0.15, 0.2) is 17.5 Å². The molecule has 69 heavy (non-hydrogen) atoms. The van der Waals surface area contributed by atoms with Crippen LogP contribution in [-0.2, 0) is 6.42 Å². The van der Waals surface area contributed by atoms with Crippen molar-refractivity contribution in [2.45, 2.75) is 18.8 Å². The van der Waals surface area contributed by atoms with Gasteiger partial charge in [-0.1, -0.05) is 164 Å². The minimum atomic E-state index is -0.0201. The highest BCUT2D eigenvalue weighted by atomic mass is 32.1. The van der Waals surface area contributed by atoms with Crippen LogP contribution in [-0.4, -0.2) is 15.0 Å². The second-order valence-electron chi connectivity index (χ2n) is 18.6. The molecule has 0 spiro atoms. The third-order valence-electron chi connectivity index (χ3n) is 14.7. The van der Waals surface area contributed by atoms with E-state index in [2.05, 4.69) is 206 Å². The van der Waals surface area contributed by atoms with Crippen molar-refractivity contribution in [2.24, 2.45) is 0 Å². The Balaban J connectivity index is 1.02. The van der Waals surface area contributed by atoms with E-state index < -0.39 is 0 Å². The van der Waals surface area contributed by atoms with Gasteiger partial charge < -0.3 is 4.42 Å². The highest BCUT2D eigenvalue weighted by Gasteiger charge is 2.30. The molecule has 322 valence electrons. The highest BCUT2D eigenvalue weighted by molar-refractivity contribution is 7.25. The number of hydrogen-bond donors (Lipinski definition) is 0. The van der Waals surface area contributed by atoms with E-state index in [1.165, 1.54) is 69.4 Å². The number of aromatic nitrogens is 3. The van der Waals surface area contributed by atoms with Gasteiger partial charge in [0.1, 0.15) is 11.2 Å². The molecule has 14 aromatic rings. The van der Waals surface area contributed by atoms with Gasteiger partial charge in [0.05, 0.1) is 0 Å². The van der Waals surface area contributed by atoms with Crippen LogP contribution in [0.15, 0.2) is 211 Å². The van der Waals surface area contributed by atoms with E-state index in [-0.39, 0.29) is 5.92 Å². The Labute approximate surface area is 400 Å². The molecule has 1 aliphatic carbocycles. The molecule has 0 saturated heterocycles. The predicted molar refractivity (Wildman–Crippen MR) is 288 cm³/mol. The second-order valence-corrected chi connectivity index (χ2v) is 19.7. The second kappa shape index (κ2) is 15.0. The topological polar surface area (TPSA) is 51.8 Å². The van der Waals surface area contributed by atoms with Crippen LogP contribution in [0.1, 0.15) is 29.0 Å². The molecule has 0 fully saturated rings. The lowest BCUT2D eigenvalue weighted by Crippen LogP contribution is -2.05. The Kier molecular flexibility index (Phi) is 8.39. The Bertz CT molecular complexity index is 4460. The third-order valence-corrected chi connectivity index (χ3v) is 15.8. The third kappa shape index (κ3) is 6.10. The van der Waals surface area contributed by atoms with Gasteiger partial charge in [-0.05, 0) is 121 Å². The van der Waals surface area contributed by atoms with Crippen molar-refractivity contribution in [2.75, 3.05) is 0 Å². The molecule has 3 heterocycles. The van der Waals surface area contributed by atoms with Gasteiger partial charge >= 0.3 is 0 Å². The Hall–Kier alpha value is -8.51. The van der Waals surface area contributed by atoms with Crippen molar-refractivity contribution in [3.05, 3.63) is 223 Å². The summed E-state index contributed by atoms with van der Waals surface area (Å²) >= 11 is 1.81. The summed E-state index contributed by atoms with van der Waals surface area (Å²) in [7, 11) is 0. The van der Waals surface area contributed by atoms with Crippen LogP contribution in [0.3, 0.4) is 0 Å². The van der Waals surface area contributed by atoms with Gasteiger partial charge in [0, 0.05) is 59.1 Å². The van der Waals surface area contributed by atoms with Crippen LogP contribution in [0, 0.1) is 0 Å². The van der Waals surface area contributed by atoms with E-state index in [1.54, 1.807) is 11.3 Å². The molecule has 1 unspecified atom stereocenters. The molecular formula is C64H39N3OS. The number of fused-ring (bicyclic) bond motifs is 14. The summed E-state index contributed by atoms with van der Waals surface area (Å²) < 4.78 is 9.66. The number of furan rings is 1. The quantitative estimate of drug-likeness (QED) is 0.177. The van der Waals surface area contributed by atoms with E-state index in [0.29, 0.717) is 17.5 Å². The van der Waals surface area contributed by atoms with Crippen molar-refractivity contribution in [3.8, 4) is 45.3 Å². The fourth-order valence-corrected chi connectivity index (χ4v) is 12.6. The summed E-state index contributed by atoms with van der Waals surface area (Å²) in [5, 5.41) is 14.2. The monoisotopic (exact) mass is 897 g/mol. The maximum absolute atomic E-state index is 7.19. The maximum atomic E-state index is 7.19. The summed E-state index contributed by atoms with van der Waals surface area (Å²) in [6, 6.07) is 75.0. The molecule has 0 amide bonds. The normalized spacial score (nSPS) is 13.8. The number of rotatable bonds is 4. The minimum Gasteiger partial charge on any atom is -0.456 e. The van der Waals surface area contributed by atoms with Gasteiger partial charge in [-0.25, -0.2) is 15.0 Å². The van der Waals surface area contributed by atoms with Crippen LogP contribution >= 0.6 is 11.3 Å². The molecule has 0 aliphatic heterocycles. The van der Waals surface area contributed by atoms with Crippen molar-refractivity contribution in [3.63, 3.8) is 0 Å². The zero-order valence-electron chi connectivity index (χ0n) is 37.3. The lowest BCUT2D eigenvalue weighted by molar-refractivity contribution is 0.648. The predicted octanol–water partition coefficient (Wildman–Crippen LogP) is 17.5. The molecule has 1 atom stereocenters. The lowest BCUT2D eigenvalue weighted by Gasteiger charge is -2.22. The van der Waals surface area contributed by atoms with Crippen molar-refractivity contribution in [1.82, 2.24) is 15.0 Å². The zero-order valence-corrected chi connectivity index (χ0v) is 38.1. The number of benzene rings is 11. The molecule has 1 aliphatic rings. The highest BCUT2D eigenvalue weighted by Crippen LogP contribution is 2.49. The first-order valence-electron chi connectivity index (χ1n) is 23.7. The van der Waals surface area contributed by atoms with Crippen LogP contribution in [0.4, 0.5) is 0 Å². The Morgan fingerprint density at radius 2 is 1.03 bits per heavy atom. The summed E-state index contributed by atoms with van der Waals surface area (Å²) in [6.45, 7) is 0. The number of thiophene rings is 1. The number of nitrogens with zero attached hydrogens (tertiary/aromatic N) is 3. The molecule has 3 aromatic heterocycles. The molecule has 0 radical (unpaired) electrons. The van der Waals surface area contributed by atoms with Crippen molar-refractivity contribution < 1.29 is 4.42 Å². The Morgan fingerprint density at radius 1 is 0.391 bits per heavy atom. The number of hydrogen-bond acceptors (Lipinski definition) is 5. The zero-order chi connectivity index (χ0) is 45.2. The molecule has 0 saturated carbocycles. The largest absolute Gasteiger partial charge is 0.456 e. The maximum Gasteiger partial charge on any atom is 0.164 e. The Morgan fingerprint density at radius 3 is 1.86 bits per heavy atom. The molecule has 5 heteroatoms. The van der Waals surface area contributed by atoms with Crippen LogP contribution in [0.5, 0.6) is 0 Å². The minimum absolute atomic E-state index is 0.0201. The SMILES string of the molecule is c1ccc2cc3c(cc2c1)CCC(c1cc(-c2nc(-c4ccc5c(c4)sc4ccccc45)nc(-c4cccc5ccccc45)n2)cc2c1oc1cc4ccccc4cc12)c1c-3ccc2ccccc12. The van der Waals surface area contributed by atoms with Crippen LogP contribution < -0.4 is 0 Å². The van der Waals surface area contributed by atoms with Crippen LogP contribution in [0.25, 0.3) is 130 Å². The summed E-state index contributed by atoms with van der Waals surface area (Å²) in [5.74, 6) is 1.88. The van der Waals surface area contributed by atoms with Gasteiger partial charge in [0.25, 0.3) is 0 Å². The smallest absolute Gasteiger partial charge is 0.164 e. The fraction of sp³-hybridized carbons (Fsp3) is 0.0469. The van der Waals surface area contributed by atoms with E-state index in [9.17, 15) is 0 Å². The van der Waals surface area contributed by atoms with E-state index in [1.807, 2.05) is 0 Å². The first-order valence-corrected chi connectivity index (χ1v) is 24.6. The van der Waals surface area contributed by atoms with E-state index >= 15 is 0 Å². The van der Waals surface area contributed by atoms with Crippen LogP contribution in [0.2, 0.25) is 0 Å². The standard InChI is InChI=1S/C64H39N3OS/c1-2-15-40-31-53-43(30-39(40)14-1)25-29-51(60-47-20-8-6-13-38(47)24-28-50(53)60)55-33-45(34-56-54-32-41-16-3-4-17-42(41)35-57(54)68-61(55)56)63-65-62(44-26-27-49-48-21-9-10-23-58(48)69-59(49)36-44)66-64(67-63)52-22-11-18-37-12-5-7-19-46(37)52/h1-24,26-28,30-36,51H,25,29H2. The molecule has 11 aromatic carbocycles. The van der Waals surface area contributed by atoms with Gasteiger partial charge in [-0.3, -0.25) is 0 Å². The average Bonchev–Trinajstić information content (AvgIpc) is 3.91. The van der Waals surface area contributed by atoms with Gasteiger partial charge in [0.2, 0.25) is 0 Å². The molecule has 4 nitrogen and oxygen atoms in total. The van der Waals surface area contributed by atoms with Crippen molar-refractivity contribution in [1.29, 1.82) is 0 Å².